The second-order valence-electron chi connectivity index (χ2n) is 4.65. The van der Waals surface area contributed by atoms with Gasteiger partial charge in [0.25, 0.3) is 0 Å². The van der Waals surface area contributed by atoms with Crippen molar-refractivity contribution in [1.82, 2.24) is 0 Å². The van der Waals surface area contributed by atoms with E-state index in [2.05, 4.69) is 34.7 Å². The fraction of sp³-hybridized carbons (Fsp3) is 0.571. The molecular formula is C14H18ClIO. The van der Waals surface area contributed by atoms with Gasteiger partial charge < -0.3 is 4.74 Å². The molecule has 0 aliphatic heterocycles. The predicted octanol–water partition coefficient (Wildman–Crippen LogP) is 5.02. The predicted molar refractivity (Wildman–Crippen MR) is 81.0 cm³/mol. The van der Waals surface area contributed by atoms with Crippen LogP contribution in [0.4, 0.5) is 0 Å². The maximum absolute atomic E-state index is 5.97. The molecular weight excluding hydrogens is 347 g/mol. The van der Waals surface area contributed by atoms with Gasteiger partial charge in [-0.05, 0) is 30.0 Å². The highest BCUT2D eigenvalue weighted by Crippen LogP contribution is 2.30. The van der Waals surface area contributed by atoms with Gasteiger partial charge in [-0.15, -0.1) is 0 Å². The Hall–Kier alpha value is 0.200. The van der Waals surface area contributed by atoms with E-state index in [1.165, 1.54) is 31.2 Å². The molecule has 1 aliphatic rings. The first-order valence-electron chi connectivity index (χ1n) is 6.22. The number of halogens is 2. The van der Waals surface area contributed by atoms with Crippen molar-refractivity contribution >= 4 is 34.2 Å². The molecule has 0 heterocycles. The molecule has 1 aromatic carbocycles. The SMILES string of the molecule is Clc1ccc(C(CI)OCCC2CCC2)cc1. The third kappa shape index (κ3) is 4.11. The van der Waals surface area contributed by atoms with E-state index < -0.39 is 0 Å². The summed E-state index contributed by atoms with van der Waals surface area (Å²) < 4.78 is 6.96. The highest BCUT2D eigenvalue weighted by molar-refractivity contribution is 14.1. The molecule has 0 spiro atoms. The van der Waals surface area contributed by atoms with Crippen LogP contribution in [0.25, 0.3) is 0 Å². The third-order valence-electron chi connectivity index (χ3n) is 3.45. The maximum atomic E-state index is 5.97. The lowest BCUT2D eigenvalue weighted by molar-refractivity contribution is 0.0531. The van der Waals surface area contributed by atoms with Gasteiger partial charge in [0.05, 0.1) is 6.10 Å². The van der Waals surface area contributed by atoms with Gasteiger partial charge in [-0.3, -0.25) is 0 Å². The second-order valence-corrected chi connectivity index (χ2v) is 5.97. The largest absolute Gasteiger partial charge is 0.373 e. The fourth-order valence-corrected chi connectivity index (χ4v) is 2.95. The number of ether oxygens (including phenoxy) is 1. The molecule has 1 atom stereocenters. The van der Waals surface area contributed by atoms with Crippen molar-refractivity contribution in [1.29, 1.82) is 0 Å². The molecule has 0 N–H and O–H groups in total. The van der Waals surface area contributed by atoms with Crippen LogP contribution < -0.4 is 0 Å². The van der Waals surface area contributed by atoms with E-state index in [9.17, 15) is 0 Å². The minimum Gasteiger partial charge on any atom is -0.373 e. The van der Waals surface area contributed by atoms with Crippen LogP contribution in [0.3, 0.4) is 0 Å². The number of hydrogen-bond donors (Lipinski definition) is 0. The van der Waals surface area contributed by atoms with Crippen LogP contribution in [-0.2, 0) is 4.74 Å². The molecule has 1 aromatic rings. The molecule has 2 rings (SSSR count). The monoisotopic (exact) mass is 364 g/mol. The average Bonchev–Trinajstić information content (AvgIpc) is 2.29. The van der Waals surface area contributed by atoms with Crippen molar-refractivity contribution in [3.05, 3.63) is 34.9 Å². The topological polar surface area (TPSA) is 9.23 Å². The van der Waals surface area contributed by atoms with Crippen LogP contribution in [-0.4, -0.2) is 11.0 Å². The summed E-state index contributed by atoms with van der Waals surface area (Å²) in [6, 6.07) is 8.00. The van der Waals surface area contributed by atoms with Gasteiger partial charge in [0.15, 0.2) is 0 Å². The van der Waals surface area contributed by atoms with Crippen molar-refractivity contribution in [3.63, 3.8) is 0 Å². The first-order valence-corrected chi connectivity index (χ1v) is 8.13. The molecule has 0 amide bonds. The Morgan fingerprint density at radius 3 is 2.53 bits per heavy atom. The van der Waals surface area contributed by atoms with Crippen LogP contribution in [0.1, 0.15) is 37.4 Å². The third-order valence-corrected chi connectivity index (χ3v) is 4.50. The quantitative estimate of drug-likeness (QED) is 0.508. The summed E-state index contributed by atoms with van der Waals surface area (Å²) in [6.07, 6.45) is 5.66. The van der Waals surface area contributed by atoms with Gasteiger partial charge in [0.1, 0.15) is 0 Å². The zero-order chi connectivity index (χ0) is 12.1. The van der Waals surface area contributed by atoms with Gasteiger partial charge in [0, 0.05) is 16.1 Å². The Morgan fingerprint density at radius 1 is 1.29 bits per heavy atom. The molecule has 1 nitrogen and oxygen atoms in total. The Balaban J connectivity index is 1.80. The van der Waals surface area contributed by atoms with E-state index in [1.807, 2.05) is 12.1 Å². The lowest BCUT2D eigenvalue weighted by Crippen LogP contribution is -2.15. The zero-order valence-electron chi connectivity index (χ0n) is 9.87. The van der Waals surface area contributed by atoms with Crippen molar-refractivity contribution < 1.29 is 4.74 Å². The van der Waals surface area contributed by atoms with Crippen molar-refractivity contribution in [2.45, 2.75) is 31.8 Å². The smallest absolute Gasteiger partial charge is 0.0914 e. The number of rotatable bonds is 6. The summed E-state index contributed by atoms with van der Waals surface area (Å²) in [5.41, 5.74) is 1.23. The molecule has 3 heteroatoms. The summed E-state index contributed by atoms with van der Waals surface area (Å²) in [5, 5.41) is 0.787. The Labute approximate surface area is 122 Å². The van der Waals surface area contributed by atoms with E-state index in [0.29, 0.717) is 0 Å². The molecule has 0 radical (unpaired) electrons. The van der Waals surface area contributed by atoms with Crippen LogP contribution in [0.5, 0.6) is 0 Å². The summed E-state index contributed by atoms with van der Waals surface area (Å²) in [7, 11) is 0. The van der Waals surface area contributed by atoms with Gasteiger partial charge in [-0.1, -0.05) is 65.6 Å². The van der Waals surface area contributed by atoms with Crippen LogP contribution in [0.2, 0.25) is 5.02 Å². The lowest BCUT2D eigenvalue weighted by atomic mass is 9.83. The first-order chi connectivity index (χ1) is 8.29. The molecule has 1 fully saturated rings. The van der Waals surface area contributed by atoms with Gasteiger partial charge in [0.2, 0.25) is 0 Å². The Morgan fingerprint density at radius 2 is 2.00 bits per heavy atom. The van der Waals surface area contributed by atoms with Gasteiger partial charge >= 0.3 is 0 Å². The molecule has 1 aliphatic carbocycles. The van der Waals surface area contributed by atoms with Crippen molar-refractivity contribution in [3.8, 4) is 0 Å². The fourth-order valence-electron chi connectivity index (χ4n) is 2.07. The molecule has 1 saturated carbocycles. The first kappa shape index (κ1) is 13.6. The molecule has 0 aromatic heterocycles. The van der Waals surface area contributed by atoms with Crippen LogP contribution >= 0.6 is 34.2 Å². The summed E-state index contributed by atoms with van der Waals surface area (Å²) in [5.74, 6) is 0.926. The minimum absolute atomic E-state index is 0.216. The van der Waals surface area contributed by atoms with E-state index in [4.69, 9.17) is 16.3 Å². The standard InChI is InChI=1S/C14H18ClIO/c15-13-6-4-12(5-7-13)14(10-16)17-9-8-11-2-1-3-11/h4-7,11,14H,1-3,8-10H2. The zero-order valence-corrected chi connectivity index (χ0v) is 12.8. The second kappa shape index (κ2) is 6.95. The molecule has 17 heavy (non-hydrogen) atoms. The Bertz CT molecular complexity index is 335. The van der Waals surface area contributed by atoms with E-state index in [1.54, 1.807) is 0 Å². The minimum atomic E-state index is 0.216. The highest BCUT2D eigenvalue weighted by Gasteiger charge is 2.18. The molecule has 0 bridgehead atoms. The highest BCUT2D eigenvalue weighted by atomic mass is 127. The number of hydrogen-bond acceptors (Lipinski definition) is 1. The van der Waals surface area contributed by atoms with Crippen molar-refractivity contribution in [2.75, 3.05) is 11.0 Å². The summed E-state index contributed by atoms with van der Waals surface area (Å²) >= 11 is 8.27. The summed E-state index contributed by atoms with van der Waals surface area (Å²) in [4.78, 5) is 0. The number of benzene rings is 1. The normalized spacial score (nSPS) is 17.8. The van der Waals surface area contributed by atoms with E-state index in [-0.39, 0.29) is 6.10 Å². The average molecular weight is 365 g/mol. The molecule has 0 saturated heterocycles. The van der Waals surface area contributed by atoms with E-state index >= 15 is 0 Å². The lowest BCUT2D eigenvalue weighted by Gasteiger charge is -2.26. The molecule has 1 unspecified atom stereocenters. The number of alkyl halides is 1. The van der Waals surface area contributed by atoms with E-state index in [0.717, 1.165) is 22.0 Å². The van der Waals surface area contributed by atoms with Gasteiger partial charge in [-0.25, -0.2) is 0 Å². The maximum Gasteiger partial charge on any atom is 0.0914 e. The van der Waals surface area contributed by atoms with Crippen LogP contribution in [0.15, 0.2) is 24.3 Å². The Kier molecular flexibility index (Phi) is 5.57. The van der Waals surface area contributed by atoms with Gasteiger partial charge in [-0.2, -0.15) is 0 Å². The van der Waals surface area contributed by atoms with Crippen LogP contribution in [0, 0.1) is 5.92 Å². The summed E-state index contributed by atoms with van der Waals surface area (Å²) in [6.45, 7) is 0.890. The molecule has 94 valence electrons. The van der Waals surface area contributed by atoms with Crippen molar-refractivity contribution in [2.24, 2.45) is 5.92 Å².